The highest BCUT2D eigenvalue weighted by molar-refractivity contribution is 5.93. The van der Waals surface area contributed by atoms with Crippen LogP contribution >= 0.6 is 0 Å². The lowest BCUT2D eigenvalue weighted by molar-refractivity contribution is 0.295. The van der Waals surface area contributed by atoms with E-state index in [0.29, 0.717) is 6.04 Å². The second-order valence-electron chi connectivity index (χ2n) is 6.41. The highest BCUT2D eigenvalue weighted by Gasteiger charge is 2.10. The van der Waals surface area contributed by atoms with E-state index in [0.717, 1.165) is 36.2 Å². The molecule has 4 nitrogen and oxygen atoms in total. The minimum atomic E-state index is 0.437. The van der Waals surface area contributed by atoms with Crippen LogP contribution in [0.4, 0.5) is 5.69 Å². The maximum atomic E-state index is 5.31. The van der Waals surface area contributed by atoms with Crippen LogP contribution < -0.4 is 10.1 Å². The van der Waals surface area contributed by atoms with Gasteiger partial charge in [0, 0.05) is 29.4 Å². The molecule has 1 N–H and O–H groups in total. The summed E-state index contributed by atoms with van der Waals surface area (Å²) in [5.74, 6) is 0.845. The molecule has 2 aromatic rings. The summed E-state index contributed by atoms with van der Waals surface area (Å²) in [5.41, 5.74) is 3.35. The van der Waals surface area contributed by atoms with Crippen molar-refractivity contribution >= 4 is 16.6 Å². The molecule has 132 valence electrons. The number of ether oxygens (including phenoxy) is 1. The Hall–Kier alpha value is -1.81. The maximum absolute atomic E-state index is 5.31. The molecule has 1 heterocycles. The molecule has 0 bridgehead atoms. The predicted octanol–water partition coefficient (Wildman–Crippen LogP) is 4.47. The molecule has 0 saturated heterocycles. The van der Waals surface area contributed by atoms with Gasteiger partial charge in [-0.1, -0.05) is 13.8 Å². The van der Waals surface area contributed by atoms with Crippen molar-refractivity contribution in [1.82, 2.24) is 9.88 Å². The lowest BCUT2D eigenvalue weighted by Gasteiger charge is -2.21. The summed E-state index contributed by atoms with van der Waals surface area (Å²) >= 11 is 0. The fourth-order valence-electron chi connectivity index (χ4n) is 3.07. The van der Waals surface area contributed by atoms with Gasteiger partial charge in [-0.25, -0.2) is 0 Å². The van der Waals surface area contributed by atoms with Crippen molar-refractivity contribution in [1.29, 1.82) is 0 Å². The van der Waals surface area contributed by atoms with Crippen molar-refractivity contribution in [2.45, 2.75) is 46.6 Å². The van der Waals surface area contributed by atoms with Crippen molar-refractivity contribution in [2.24, 2.45) is 0 Å². The molecular weight excluding hydrogens is 298 g/mol. The van der Waals surface area contributed by atoms with Gasteiger partial charge in [-0.05, 0) is 64.0 Å². The quantitative estimate of drug-likeness (QED) is 0.736. The second kappa shape index (κ2) is 8.88. The van der Waals surface area contributed by atoms with E-state index >= 15 is 0 Å². The van der Waals surface area contributed by atoms with E-state index in [1.54, 1.807) is 7.11 Å². The third kappa shape index (κ3) is 4.60. The van der Waals surface area contributed by atoms with Crippen LogP contribution in [-0.4, -0.2) is 42.7 Å². The number of methoxy groups -OCH3 is 1. The van der Waals surface area contributed by atoms with Gasteiger partial charge in [-0.3, -0.25) is 4.98 Å². The number of aryl methyl sites for hydroxylation is 1. The zero-order chi connectivity index (χ0) is 17.5. The van der Waals surface area contributed by atoms with Crippen LogP contribution in [0.2, 0.25) is 0 Å². The van der Waals surface area contributed by atoms with Crippen molar-refractivity contribution in [3.63, 3.8) is 0 Å². The Morgan fingerprint density at radius 1 is 1.25 bits per heavy atom. The molecule has 24 heavy (non-hydrogen) atoms. The average molecular weight is 329 g/mol. The van der Waals surface area contributed by atoms with E-state index in [9.17, 15) is 0 Å². The Bertz CT molecular complexity index is 653. The highest BCUT2D eigenvalue weighted by Crippen LogP contribution is 2.29. The maximum Gasteiger partial charge on any atom is 0.121 e. The van der Waals surface area contributed by atoms with Crippen molar-refractivity contribution in [3.8, 4) is 5.75 Å². The Balaban J connectivity index is 2.07. The van der Waals surface area contributed by atoms with Gasteiger partial charge in [0.25, 0.3) is 0 Å². The normalized spacial score (nSPS) is 12.6. The third-order valence-corrected chi connectivity index (χ3v) is 4.66. The van der Waals surface area contributed by atoms with Gasteiger partial charge < -0.3 is 15.0 Å². The monoisotopic (exact) mass is 329 g/mol. The minimum Gasteiger partial charge on any atom is -0.497 e. The van der Waals surface area contributed by atoms with Crippen LogP contribution in [-0.2, 0) is 0 Å². The lowest BCUT2D eigenvalue weighted by Crippen LogP contribution is -2.25. The standard InChI is InChI=1S/C20H31N3O/c1-6-23(7-2)12-8-9-16(4)22-20-15(3)14-21-19-13-17(24-5)10-11-18(19)20/h10-11,13-14,16H,6-9,12H2,1-5H3,(H,21,22). The number of nitrogens with zero attached hydrogens (tertiary/aromatic N) is 2. The smallest absolute Gasteiger partial charge is 0.121 e. The van der Waals surface area contributed by atoms with Crippen LogP contribution in [0.25, 0.3) is 10.9 Å². The van der Waals surface area contributed by atoms with Crippen LogP contribution in [0.3, 0.4) is 0 Å². The summed E-state index contributed by atoms with van der Waals surface area (Å²) in [6.07, 6.45) is 4.31. The van der Waals surface area contributed by atoms with Gasteiger partial charge in [0.1, 0.15) is 5.75 Å². The number of anilines is 1. The molecule has 0 aliphatic heterocycles. The molecule has 2 rings (SSSR count). The highest BCUT2D eigenvalue weighted by atomic mass is 16.5. The molecule has 0 amide bonds. The molecule has 1 unspecified atom stereocenters. The summed E-state index contributed by atoms with van der Waals surface area (Å²) in [4.78, 5) is 7.02. The minimum absolute atomic E-state index is 0.437. The Kier molecular flexibility index (Phi) is 6.85. The zero-order valence-electron chi connectivity index (χ0n) is 15.7. The van der Waals surface area contributed by atoms with Crippen LogP contribution in [0.5, 0.6) is 5.75 Å². The van der Waals surface area contributed by atoms with Gasteiger partial charge in [-0.15, -0.1) is 0 Å². The van der Waals surface area contributed by atoms with Crippen molar-refractivity contribution in [2.75, 3.05) is 32.1 Å². The number of aromatic nitrogens is 1. The second-order valence-corrected chi connectivity index (χ2v) is 6.41. The predicted molar refractivity (Wildman–Crippen MR) is 103 cm³/mol. The van der Waals surface area contributed by atoms with Gasteiger partial charge in [0.05, 0.1) is 12.6 Å². The first-order valence-electron chi connectivity index (χ1n) is 9.01. The molecule has 0 aliphatic rings. The first-order chi connectivity index (χ1) is 11.6. The Labute approximate surface area is 146 Å². The molecule has 1 aromatic heterocycles. The fourth-order valence-corrected chi connectivity index (χ4v) is 3.07. The van der Waals surface area contributed by atoms with E-state index in [-0.39, 0.29) is 0 Å². The first kappa shape index (κ1) is 18.5. The summed E-state index contributed by atoms with van der Waals surface area (Å²) in [6.45, 7) is 12.3. The number of nitrogens with one attached hydrogen (secondary N) is 1. The Morgan fingerprint density at radius 3 is 2.67 bits per heavy atom. The van der Waals surface area contributed by atoms with Gasteiger partial charge in [0.2, 0.25) is 0 Å². The number of rotatable bonds is 9. The van der Waals surface area contributed by atoms with Gasteiger partial charge in [0.15, 0.2) is 0 Å². The van der Waals surface area contributed by atoms with E-state index in [1.807, 2.05) is 18.3 Å². The largest absolute Gasteiger partial charge is 0.497 e. The third-order valence-electron chi connectivity index (χ3n) is 4.66. The van der Waals surface area contributed by atoms with Gasteiger partial charge >= 0.3 is 0 Å². The molecule has 0 saturated carbocycles. The first-order valence-corrected chi connectivity index (χ1v) is 9.01. The van der Waals surface area contributed by atoms with Crippen LogP contribution in [0, 0.1) is 6.92 Å². The number of benzene rings is 1. The lowest BCUT2D eigenvalue weighted by atomic mass is 10.1. The van der Waals surface area contributed by atoms with Crippen molar-refractivity contribution < 1.29 is 4.74 Å². The van der Waals surface area contributed by atoms with E-state index < -0.39 is 0 Å². The van der Waals surface area contributed by atoms with E-state index in [4.69, 9.17) is 4.74 Å². The van der Waals surface area contributed by atoms with E-state index in [1.165, 1.54) is 24.2 Å². The number of hydrogen-bond donors (Lipinski definition) is 1. The zero-order valence-corrected chi connectivity index (χ0v) is 15.7. The number of pyridine rings is 1. The summed E-state index contributed by atoms with van der Waals surface area (Å²) < 4.78 is 5.31. The molecular formula is C20H31N3O. The number of hydrogen-bond acceptors (Lipinski definition) is 4. The molecule has 0 spiro atoms. The van der Waals surface area contributed by atoms with E-state index in [2.05, 4.69) is 49.0 Å². The molecule has 0 radical (unpaired) electrons. The van der Waals surface area contributed by atoms with Crippen LogP contribution in [0.1, 0.15) is 39.2 Å². The summed E-state index contributed by atoms with van der Waals surface area (Å²) in [5, 5.41) is 4.86. The molecule has 0 fully saturated rings. The average Bonchev–Trinajstić information content (AvgIpc) is 2.60. The summed E-state index contributed by atoms with van der Waals surface area (Å²) in [6, 6.07) is 6.52. The molecule has 0 aliphatic carbocycles. The van der Waals surface area contributed by atoms with Crippen molar-refractivity contribution in [3.05, 3.63) is 30.0 Å². The Morgan fingerprint density at radius 2 is 2.00 bits per heavy atom. The number of fused-ring (bicyclic) bond motifs is 1. The fraction of sp³-hybridized carbons (Fsp3) is 0.550. The van der Waals surface area contributed by atoms with Gasteiger partial charge in [-0.2, -0.15) is 0 Å². The molecule has 1 atom stereocenters. The SMILES string of the molecule is CCN(CC)CCCC(C)Nc1c(C)cnc2cc(OC)ccc12. The van der Waals surface area contributed by atoms with Crippen LogP contribution in [0.15, 0.2) is 24.4 Å². The topological polar surface area (TPSA) is 37.4 Å². The molecule has 4 heteroatoms. The molecule has 1 aromatic carbocycles. The summed E-state index contributed by atoms with van der Waals surface area (Å²) in [7, 11) is 1.69.